The SMILES string of the molecule is CN(C)C(=O)c1cn(C2CC(CO)C2)nn1. The average molecular weight is 224 g/mol. The van der Waals surface area contributed by atoms with E-state index in [4.69, 9.17) is 5.11 Å². The highest BCUT2D eigenvalue weighted by Crippen LogP contribution is 2.36. The number of amides is 1. The first kappa shape index (κ1) is 11.1. The van der Waals surface area contributed by atoms with Gasteiger partial charge in [0.05, 0.1) is 12.2 Å². The van der Waals surface area contributed by atoms with E-state index >= 15 is 0 Å². The van der Waals surface area contributed by atoms with E-state index in [2.05, 4.69) is 10.3 Å². The zero-order chi connectivity index (χ0) is 11.7. The van der Waals surface area contributed by atoms with E-state index in [1.54, 1.807) is 25.0 Å². The van der Waals surface area contributed by atoms with Gasteiger partial charge in [0.15, 0.2) is 5.69 Å². The Morgan fingerprint density at radius 1 is 1.62 bits per heavy atom. The summed E-state index contributed by atoms with van der Waals surface area (Å²) in [5, 5.41) is 16.7. The molecule has 88 valence electrons. The molecule has 0 saturated heterocycles. The van der Waals surface area contributed by atoms with E-state index in [9.17, 15) is 4.79 Å². The number of carbonyl (C=O) groups excluding carboxylic acids is 1. The minimum Gasteiger partial charge on any atom is -0.396 e. The van der Waals surface area contributed by atoms with Gasteiger partial charge < -0.3 is 10.0 Å². The third-order valence-corrected chi connectivity index (χ3v) is 2.98. The van der Waals surface area contributed by atoms with Crippen LogP contribution >= 0.6 is 0 Å². The molecular formula is C10H16N4O2. The van der Waals surface area contributed by atoms with E-state index < -0.39 is 0 Å². The van der Waals surface area contributed by atoms with Crippen LogP contribution in [0.15, 0.2) is 6.20 Å². The lowest BCUT2D eigenvalue weighted by molar-refractivity contribution is 0.0821. The molecule has 0 spiro atoms. The number of carbonyl (C=O) groups is 1. The summed E-state index contributed by atoms with van der Waals surface area (Å²) in [5.74, 6) is 0.242. The summed E-state index contributed by atoms with van der Waals surface area (Å²) in [4.78, 5) is 13.1. The lowest BCUT2D eigenvalue weighted by atomic mass is 9.81. The lowest BCUT2D eigenvalue weighted by Crippen LogP contribution is -2.29. The minimum atomic E-state index is -0.135. The zero-order valence-corrected chi connectivity index (χ0v) is 9.50. The summed E-state index contributed by atoms with van der Waals surface area (Å²) >= 11 is 0. The van der Waals surface area contributed by atoms with Crippen molar-refractivity contribution in [2.75, 3.05) is 20.7 Å². The van der Waals surface area contributed by atoms with Crippen LogP contribution in [0.2, 0.25) is 0 Å². The fourth-order valence-electron chi connectivity index (χ4n) is 1.85. The van der Waals surface area contributed by atoms with Gasteiger partial charge in [-0.05, 0) is 18.8 Å². The molecule has 1 amide bonds. The summed E-state index contributed by atoms with van der Waals surface area (Å²) in [5.41, 5.74) is 0.373. The Hall–Kier alpha value is -1.43. The Bertz CT molecular complexity index is 382. The van der Waals surface area contributed by atoms with Gasteiger partial charge in [0.2, 0.25) is 0 Å². The number of aromatic nitrogens is 3. The summed E-state index contributed by atoms with van der Waals surface area (Å²) in [7, 11) is 3.37. The Morgan fingerprint density at radius 3 is 2.88 bits per heavy atom. The third kappa shape index (κ3) is 1.92. The number of hydrogen-bond donors (Lipinski definition) is 1. The Balaban J connectivity index is 2.01. The van der Waals surface area contributed by atoms with Crippen LogP contribution in [0.4, 0.5) is 0 Å². The van der Waals surface area contributed by atoms with Crippen molar-refractivity contribution in [3.8, 4) is 0 Å². The second-order valence-electron chi connectivity index (χ2n) is 4.46. The molecule has 0 radical (unpaired) electrons. The first-order chi connectivity index (χ1) is 7.61. The van der Waals surface area contributed by atoms with Gasteiger partial charge >= 0.3 is 0 Å². The van der Waals surface area contributed by atoms with Crippen LogP contribution in [0.1, 0.15) is 29.4 Å². The molecule has 0 bridgehead atoms. The van der Waals surface area contributed by atoms with Crippen LogP contribution in [0.25, 0.3) is 0 Å². The maximum atomic E-state index is 11.6. The largest absolute Gasteiger partial charge is 0.396 e. The molecule has 1 fully saturated rings. The molecule has 16 heavy (non-hydrogen) atoms. The van der Waals surface area contributed by atoms with Crippen LogP contribution in [0.5, 0.6) is 0 Å². The standard InChI is InChI=1S/C10H16N4O2/c1-13(2)10(16)9-5-14(12-11-9)8-3-7(4-8)6-15/h5,7-8,15H,3-4,6H2,1-2H3. The second kappa shape index (κ2) is 4.21. The fraction of sp³-hybridized carbons (Fsp3) is 0.700. The molecule has 0 atom stereocenters. The highest BCUT2D eigenvalue weighted by atomic mass is 16.3. The van der Waals surface area contributed by atoms with Gasteiger partial charge in [-0.1, -0.05) is 5.21 Å². The Labute approximate surface area is 93.9 Å². The quantitative estimate of drug-likeness (QED) is 0.779. The Morgan fingerprint density at radius 2 is 2.31 bits per heavy atom. The molecule has 0 aromatic carbocycles. The summed E-state index contributed by atoms with van der Waals surface area (Å²) in [6.07, 6.45) is 3.51. The smallest absolute Gasteiger partial charge is 0.275 e. The molecule has 6 heteroatoms. The van der Waals surface area contributed by atoms with Gasteiger partial charge in [-0.15, -0.1) is 5.10 Å². The van der Waals surface area contributed by atoms with Crippen molar-refractivity contribution in [3.05, 3.63) is 11.9 Å². The molecule has 2 rings (SSSR count). The van der Waals surface area contributed by atoms with Crippen LogP contribution < -0.4 is 0 Å². The van der Waals surface area contributed by atoms with Gasteiger partial charge in [0, 0.05) is 20.7 Å². The van der Waals surface area contributed by atoms with Crippen molar-refractivity contribution in [1.29, 1.82) is 0 Å². The fourth-order valence-corrected chi connectivity index (χ4v) is 1.85. The highest BCUT2D eigenvalue weighted by molar-refractivity contribution is 5.91. The molecule has 0 aliphatic heterocycles. The number of aliphatic hydroxyl groups is 1. The predicted molar refractivity (Wildman–Crippen MR) is 56.9 cm³/mol. The molecule has 1 aliphatic carbocycles. The van der Waals surface area contributed by atoms with Gasteiger partial charge in [-0.3, -0.25) is 4.79 Å². The number of rotatable bonds is 3. The topological polar surface area (TPSA) is 71.2 Å². The Kier molecular flexibility index (Phi) is 2.91. The number of aliphatic hydroxyl groups excluding tert-OH is 1. The lowest BCUT2D eigenvalue weighted by Gasteiger charge is -2.33. The maximum absolute atomic E-state index is 11.6. The molecular weight excluding hydrogens is 208 g/mol. The molecule has 1 N–H and O–H groups in total. The van der Waals surface area contributed by atoms with Crippen molar-refractivity contribution in [2.24, 2.45) is 5.92 Å². The van der Waals surface area contributed by atoms with E-state index in [0.29, 0.717) is 11.6 Å². The zero-order valence-electron chi connectivity index (χ0n) is 9.50. The molecule has 1 aromatic heterocycles. The van der Waals surface area contributed by atoms with Crippen molar-refractivity contribution in [2.45, 2.75) is 18.9 Å². The van der Waals surface area contributed by atoms with Crippen LogP contribution in [-0.4, -0.2) is 51.6 Å². The predicted octanol–water partition coefficient (Wildman–Crippen LogP) is -0.0767. The summed E-state index contributed by atoms with van der Waals surface area (Å²) in [6.45, 7) is 0.231. The van der Waals surface area contributed by atoms with Crippen molar-refractivity contribution >= 4 is 5.91 Å². The molecule has 1 heterocycles. The first-order valence-electron chi connectivity index (χ1n) is 5.36. The number of hydrogen-bond acceptors (Lipinski definition) is 4. The van der Waals surface area contributed by atoms with Crippen LogP contribution in [0.3, 0.4) is 0 Å². The minimum absolute atomic E-state index is 0.135. The van der Waals surface area contributed by atoms with Crippen molar-refractivity contribution < 1.29 is 9.90 Å². The summed E-state index contributed by atoms with van der Waals surface area (Å²) < 4.78 is 1.73. The molecule has 1 aromatic rings. The van der Waals surface area contributed by atoms with E-state index in [-0.39, 0.29) is 18.6 Å². The summed E-state index contributed by atoms with van der Waals surface area (Å²) in [6, 6.07) is 0.286. The maximum Gasteiger partial charge on any atom is 0.275 e. The third-order valence-electron chi connectivity index (χ3n) is 2.98. The van der Waals surface area contributed by atoms with Crippen molar-refractivity contribution in [1.82, 2.24) is 19.9 Å². The normalized spacial score (nSPS) is 23.9. The van der Waals surface area contributed by atoms with Gasteiger partial charge in [-0.2, -0.15) is 0 Å². The van der Waals surface area contributed by atoms with Gasteiger partial charge in [0.1, 0.15) is 0 Å². The van der Waals surface area contributed by atoms with Gasteiger partial charge in [-0.25, -0.2) is 4.68 Å². The molecule has 0 unspecified atom stereocenters. The first-order valence-corrected chi connectivity index (χ1v) is 5.36. The monoisotopic (exact) mass is 224 g/mol. The molecule has 6 nitrogen and oxygen atoms in total. The molecule has 1 aliphatic rings. The van der Waals surface area contributed by atoms with Gasteiger partial charge in [0.25, 0.3) is 5.91 Å². The highest BCUT2D eigenvalue weighted by Gasteiger charge is 2.31. The number of nitrogens with zero attached hydrogens (tertiary/aromatic N) is 4. The average Bonchev–Trinajstić information content (AvgIpc) is 2.64. The van der Waals surface area contributed by atoms with E-state index in [1.807, 2.05) is 0 Å². The molecule has 1 saturated carbocycles. The van der Waals surface area contributed by atoms with E-state index in [0.717, 1.165) is 12.8 Å². The van der Waals surface area contributed by atoms with Crippen LogP contribution in [0, 0.1) is 5.92 Å². The van der Waals surface area contributed by atoms with Crippen molar-refractivity contribution in [3.63, 3.8) is 0 Å². The van der Waals surface area contributed by atoms with E-state index in [1.165, 1.54) is 4.90 Å². The van der Waals surface area contributed by atoms with Crippen LogP contribution in [-0.2, 0) is 0 Å². The second-order valence-corrected chi connectivity index (χ2v) is 4.46.